The number of hydrogen-bond acceptors (Lipinski definition) is 4. The molecule has 0 heterocycles. The van der Waals surface area contributed by atoms with E-state index in [0.717, 1.165) is 10.6 Å². The fourth-order valence-corrected chi connectivity index (χ4v) is 3.26. The van der Waals surface area contributed by atoms with Crippen molar-refractivity contribution in [3.8, 4) is 5.75 Å². The van der Waals surface area contributed by atoms with E-state index in [2.05, 4.69) is 5.32 Å². The number of amides is 1. The van der Waals surface area contributed by atoms with Gasteiger partial charge in [-0.15, -0.1) is 11.8 Å². The van der Waals surface area contributed by atoms with Crippen molar-refractivity contribution in [3.05, 3.63) is 60.2 Å². The summed E-state index contributed by atoms with van der Waals surface area (Å²) in [6.07, 6.45) is 0.321. The Labute approximate surface area is 157 Å². The van der Waals surface area contributed by atoms with Crippen molar-refractivity contribution in [2.24, 2.45) is 0 Å². The largest absolute Gasteiger partial charge is 0.497 e. The van der Waals surface area contributed by atoms with Crippen molar-refractivity contribution in [2.45, 2.75) is 23.7 Å². The fraction of sp³-hybridized carbons (Fsp3) is 0.300. The average Bonchev–Trinajstić information content (AvgIpc) is 2.67. The van der Waals surface area contributed by atoms with E-state index in [1.165, 1.54) is 0 Å². The third kappa shape index (κ3) is 5.26. The molecule has 0 aliphatic carbocycles. The van der Waals surface area contributed by atoms with Gasteiger partial charge in [0.2, 0.25) is 5.91 Å². The van der Waals surface area contributed by atoms with Gasteiger partial charge >= 0.3 is 5.97 Å². The normalized spacial score (nSPS) is 12.8. The molecule has 1 unspecified atom stereocenters. The fourth-order valence-electron chi connectivity index (χ4n) is 2.40. The molecule has 0 aromatic heterocycles. The molecule has 0 radical (unpaired) electrons. The van der Waals surface area contributed by atoms with Gasteiger partial charge in [0.15, 0.2) is 0 Å². The lowest BCUT2D eigenvalue weighted by molar-refractivity contribution is -0.143. The third-order valence-electron chi connectivity index (χ3n) is 4.18. The van der Waals surface area contributed by atoms with Crippen LogP contribution in [0.1, 0.15) is 18.9 Å². The zero-order valence-electron chi connectivity index (χ0n) is 14.9. The molecular weight excluding hydrogens is 350 g/mol. The van der Waals surface area contributed by atoms with Gasteiger partial charge in [-0.2, -0.15) is 0 Å². The topological polar surface area (TPSA) is 75.6 Å². The molecule has 1 amide bonds. The maximum absolute atomic E-state index is 12.1. The number of carbonyl (C=O) groups excluding carboxylic acids is 1. The van der Waals surface area contributed by atoms with Crippen molar-refractivity contribution in [2.75, 3.05) is 19.4 Å². The molecular formula is C20H23NO4S. The zero-order valence-corrected chi connectivity index (χ0v) is 15.7. The van der Waals surface area contributed by atoms with Crippen molar-refractivity contribution < 1.29 is 19.4 Å². The first kappa shape index (κ1) is 19.8. The Morgan fingerprint density at radius 3 is 2.35 bits per heavy atom. The summed E-state index contributed by atoms with van der Waals surface area (Å²) in [7, 11) is 1.62. The average molecular weight is 373 g/mol. The summed E-state index contributed by atoms with van der Waals surface area (Å²) in [6, 6.07) is 16.6. The van der Waals surface area contributed by atoms with Crippen LogP contribution < -0.4 is 10.1 Å². The highest BCUT2D eigenvalue weighted by Gasteiger charge is 2.35. The minimum Gasteiger partial charge on any atom is -0.497 e. The molecule has 0 fully saturated rings. The number of carbonyl (C=O) groups is 2. The number of hydrogen-bond donors (Lipinski definition) is 2. The first-order valence-corrected chi connectivity index (χ1v) is 9.27. The van der Waals surface area contributed by atoms with Crippen LogP contribution in [0.2, 0.25) is 0 Å². The van der Waals surface area contributed by atoms with E-state index in [1.54, 1.807) is 50.1 Å². The van der Waals surface area contributed by atoms with E-state index in [9.17, 15) is 14.7 Å². The van der Waals surface area contributed by atoms with Crippen LogP contribution in [0.15, 0.2) is 59.5 Å². The van der Waals surface area contributed by atoms with Gasteiger partial charge in [0, 0.05) is 23.6 Å². The van der Waals surface area contributed by atoms with Crippen LogP contribution in [0.3, 0.4) is 0 Å². The predicted molar refractivity (Wildman–Crippen MR) is 103 cm³/mol. The molecule has 2 aromatic carbocycles. The van der Waals surface area contributed by atoms with Crippen LogP contribution in [0.5, 0.6) is 5.75 Å². The SMILES string of the molecule is COc1ccc(SCCC(=O)NCC(C)(C(=O)O)c2ccccc2)cc1. The Bertz CT molecular complexity index is 733. The number of methoxy groups -OCH3 is 1. The van der Waals surface area contributed by atoms with Crippen LogP contribution in [-0.4, -0.2) is 36.4 Å². The van der Waals surface area contributed by atoms with Gasteiger partial charge in [-0.3, -0.25) is 9.59 Å². The Kier molecular flexibility index (Phi) is 7.09. The second-order valence-electron chi connectivity index (χ2n) is 6.05. The van der Waals surface area contributed by atoms with Crippen LogP contribution in [0, 0.1) is 0 Å². The van der Waals surface area contributed by atoms with Gasteiger partial charge in [0.25, 0.3) is 0 Å². The standard InChI is InChI=1S/C20H23NO4S/c1-20(19(23)24,15-6-4-3-5-7-15)14-21-18(22)12-13-26-17-10-8-16(25-2)9-11-17/h3-11H,12-14H2,1-2H3,(H,21,22)(H,23,24). The highest BCUT2D eigenvalue weighted by molar-refractivity contribution is 7.99. The van der Waals surface area contributed by atoms with Gasteiger partial charge in [-0.05, 0) is 36.8 Å². The summed E-state index contributed by atoms with van der Waals surface area (Å²) in [4.78, 5) is 24.9. The Morgan fingerprint density at radius 1 is 1.12 bits per heavy atom. The maximum Gasteiger partial charge on any atom is 0.315 e. The summed E-state index contributed by atoms with van der Waals surface area (Å²) in [6.45, 7) is 1.68. The van der Waals surface area contributed by atoms with Gasteiger partial charge < -0.3 is 15.2 Å². The summed E-state index contributed by atoms with van der Waals surface area (Å²) in [5.74, 6) is 0.291. The number of thioether (sulfide) groups is 1. The maximum atomic E-state index is 12.1. The third-order valence-corrected chi connectivity index (χ3v) is 5.19. The van der Waals surface area contributed by atoms with Crippen molar-refractivity contribution in [1.82, 2.24) is 5.32 Å². The molecule has 0 aliphatic heterocycles. The molecule has 138 valence electrons. The van der Waals surface area contributed by atoms with E-state index in [4.69, 9.17) is 4.74 Å². The first-order valence-electron chi connectivity index (χ1n) is 8.28. The van der Waals surface area contributed by atoms with Crippen LogP contribution in [-0.2, 0) is 15.0 Å². The minimum absolute atomic E-state index is 0.0540. The van der Waals surface area contributed by atoms with E-state index >= 15 is 0 Å². The van der Waals surface area contributed by atoms with E-state index in [1.807, 2.05) is 30.3 Å². The van der Waals surface area contributed by atoms with E-state index in [0.29, 0.717) is 17.7 Å². The monoisotopic (exact) mass is 373 g/mol. The van der Waals surface area contributed by atoms with Crippen molar-refractivity contribution in [3.63, 3.8) is 0 Å². The van der Waals surface area contributed by atoms with Crippen molar-refractivity contribution >= 4 is 23.6 Å². The van der Waals surface area contributed by atoms with Gasteiger partial charge in [-0.25, -0.2) is 0 Å². The molecule has 0 saturated carbocycles. The molecule has 2 N–H and O–H groups in total. The Hall–Kier alpha value is -2.47. The number of ether oxygens (including phenoxy) is 1. The number of nitrogens with one attached hydrogen (secondary N) is 1. The summed E-state index contributed by atoms with van der Waals surface area (Å²) >= 11 is 1.57. The predicted octanol–water partition coefficient (Wildman–Crippen LogP) is 3.34. The molecule has 0 spiro atoms. The molecule has 1 atom stereocenters. The number of benzene rings is 2. The molecule has 2 rings (SSSR count). The molecule has 0 bridgehead atoms. The Morgan fingerprint density at radius 2 is 1.77 bits per heavy atom. The highest BCUT2D eigenvalue weighted by Crippen LogP contribution is 2.24. The van der Waals surface area contributed by atoms with Crippen LogP contribution in [0.25, 0.3) is 0 Å². The van der Waals surface area contributed by atoms with Crippen molar-refractivity contribution in [1.29, 1.82) is 0 Å². The quantitative estimate of drug-likeness (QED) is 0.660. The summed E-state index contributed by atoms with van der Waals surface area (Å²) < 4.78 is 5.11. The molecule has 0 saturated heterocycles. The van der Waals surface area contributed by atoms with Gasteiger partial charge in [0.05, 0.1) is 7.11 Å². The molecule has 2 aromatic rings. The highest BCUT2D eigenvalue weighted by atomic mass is 32.2. The molecule has 0 aliphatic rings. The smallest absolute Gasteiger partial charge is 0.315 e. The molecule has 5 nitrogen and oxygen atoms in total. The second-order valence-corrected chi connectivity index (χ2v) is 7.22. The summed E-state index contributed by atoms with van der Waals surface area (Å²) in [5.41, 5.74) is -0.486. The number of carboxylic acid groups (broad SMARTS) is 1. The lowest BCUT2D eigenvalue weighted by Gasteiger charge is -2.25. The number of carboxylic acids is 1. The Balaban J connectivity index is 1.83. The lowest BCUT2D eigenvalue weighted by Crippen LogP contribution is -2.44. The minimum atomic E-state index is -1.15. The van der Waals surface area contributed by atoms with Gasteiger partial charge in [-0.1, -0.05) is 30.3 Å². The van der Waals surface area contributed by atoms with Crippen LogP contribution >= 0.6 is 11.8 Å². The molecule has 6 heteroatoms. The van der Waals surface area contributed by atoms with Gasteiger partial charge in [0.1, 0.15) is 11.2 Å². The van der Waals surface area contributed by atoms with Crippen LogP contribution in [0.4, 0.5) is 0 Å². The molecule has 26 heavy (non-hydrogen) atoms. The zero-order chi connectivity index (χ0) is 19.0. The number of aliphatic carboxylic acids is 1. The van der Waals surface area contributed by atoms with E-state index in [-0.39, 0.29) is 12.5 Å². The summed E-state index contributed by atoms with van der Waals surface area (Å²) in [5, 5.41) is 12.4. The second kappa shape index (κ2) is 9.29. The lowest BCUT2D eigenvalue weighted by atomic mass is 9.82. The number of rotatable bonds is 9. The van der Waals surface area contributed by atoms with E-state index < -0.39 is 11.4 Å². The first-order chi connectivity index (χ1) is 12.5.